The number of hydrogen-bond acceptors (Lipinski definition) is 4. The predicted molar refractivity (Wildman–Crippen MR) is 125 cm³/mol. The van der Waals surface area contributed by atoms with Crippen molar-refractivity contribution in [3.63, 3.8) is 0 Å². The molecule has 2 fully saturated rings. The second-order valence-electron chi connectivity index (χ2n) is 9.03. The minimum Gasteiger partial charge on any atom is -0.497 e. The van der Waals surface area contributed by atoms with E-state index in [1.165, 1.54) is 12.1 Å². The van der Waals surface area contributed by atoms with Crippen molar-refractivity contribution >= 4 is 17.6 Å². The maximum absolute atomic E-state index is 13.3. The van der Waals surface area contributed by atoms with E-state index < -0.39 is 17.3 Å². The van der Waals surface area contributed by atoms with Crippen molar-refractivity contribution < 1.29 is 27.5 Å². The lowest BCUT2D eigenvalue weighted by Gasteiger charge is -2.41. The van der Waals surface area contributed by atoms with Gasteiger partial charge in [0, 0.05) is 25.3 Å². The lowest BCUT2D eigenvalue weighted by atomic mass is 9.86. The number of halogens is 3. The van der Waals surface area contributed by atoms with Crippen LogP contribution in [0.1, 0.15) is 24.0 Å². The number of ether oxygens (including phenoxy) is 1. The SMILES string of the molecule is COc1ccc(CCN2CN(C)C3(CCN(C(=O)Nc4ccc(C(F)(F)F)cc4)CC3)C2=O)cc1. The second-order valence-corrected chi connectivity index (χ2v) is 9.03. The van der Waals surface area contributed by atoms with E-state index in [2.05, 4.69) is 10.2 Å². The molecule has 10 heteroatoms. The maximum atomic E-state index is 13.3. The van der Waals surface area contributed by atoms with Crippen molar-refractivity contribution in [1.82, 2.24) is 14.7 Å². The third kappa shape index (κ3) is 5.22. The van der Waals surface area contributed by atoms with E-state index in [1.54, 1.807) is 12.0 Å². The minimum absolute atomic E-state index is 0.0799. The smallest absolute Gasteiger partial charge is 0.416 e. The summed E-state index contributed by atoms with van der Waals surface area (Å²) in [5.41, 5.74) is 0.0131. The van der Waals surface area contributed by atoms with Gasteiger partial charge in [-0.05, 0) is 68.3 Å². The molecule has 0 unspecified atom stereocenters. The summed E-state index contributed by atoms with van der Waals surface area (Å²) in [6.07, 6.45) is -2.68. The Morgan fingerprint density at radius 3 is 2.26 bits per heavy atom. The van der Waals surface area contributed by atoms with E-state index in [-0.39, 0.29) is 11.9 Å². The molecule has 1 spiro atoms. The van der Waals surface area contributed by atoms with Crippen LogP contribution in [0, 0.1) is 0 Å². The first-order valence-corrected chi connectivity index (χ1v) is 11.5. The van der Waals surface area contributed by atoms with Crippen LogP contribution >= 0.6 is 0 Å². The molecule has 2 aromatic carbocycles. The summed E-state index contributed by atoms with van der Waals surface area (Å²) < 4.78 is 43.4. The Hall–Kier alpha value is -3.27. The number of nitrogens with one attached hydrogen (secondary N) is 1. The molecule has 35 heavy (non-hydrogen) atoms. The van der Waals surface area contributed by atoms with Crippen LogP contribution in [-0.4, -0.2) is 72.6 Å². The number of carbonyl (C=O) groups is 2. The van der Waals surface area contributed by atoms with Crippen LogP contribution in [0.5, 0.6) is 5.75 Å². The lowest BCUT2D eigenvalue weighted by molar-refractivity contribution is -0.137. The molecule has 0 bridgehead atoms. The Morgan fingerprint density at radius 1 is 1.06 bits per heavy atom. The van der Waals surface area contributed by atoms with E-state index in [9.17, 15) is 22.8 Å². The van der Waals surface area contributed by atoms with Crippen LogP contribution < -0.4 is 10.1 Å². The number of nitrogens with zero attached hydrogens (tertiary/aromatic N) is 3. The van der Waals surface area contributed by atoms with Crippen LogP contribution in [0.25, 0.3) is 0 Å². The maximum Gasteiger partial charge on any atom is 0.416 e. The molecule has 2 aliphatic rings. The van der Waals surface area contributed by atoms with Gasteiger partial charge in [-0.2, -0.15) is 13.2 Å². The minimum atomic E-state index is -4.42. The van der Waals surface area contributed by atoms with Crippen molar-refractivity contribution in [1.29, 1.82) is 0 Å². The Morgan fingerprint density at radius 2 is 1.69 bits per heavy atom. The number of hydrogen-bond donors (Lipinski definition) is 1. The fourth-order valence-electron chi connectivity index (χ4n) is 4.76. The molecule has 7 nitrogen and oxygen atoms in total. The second kappa shape index (κ2) is 9.77. The van der Waals surface area contributed by atoms with Gasteiger partial charge >= 0.3 is 12.2 Å². The van der Waals surface area contributed by atoms with Gasteiger partial charge in [-0.3, -0.25) is 9.69 Å². The molecule has 0 aliphatic carbocycles. The third-order valence-electron chi connectivity index (χ3n) is 6.97. The number of anilines is 1. The van der Waals surface area contributed by atoms with Crippen LogP contribution in [-0.2, 0) is 17.4 Å². The van der Waals surface area contributed by atoms with Gasteiger partial charge in [-0.25, -0.2) is 4.79 Å². The number of rotatable bonds is 5. The lowest BCUT2D eigenvalue weighted by Crippen LogP contribution is -2.56. The molecule has 0 saturated carbocycles. The summed E-state index contributed by atoms with van der Waals surface area (Å²) in [5, 5.41) is 2.65. The van der Waals surface area contributed by atoms with E-state index >= 15 is 0 Å². The van der Waals surface area contributed by atoms with Gasteiger partial charge in [-0.1, -0.05) is 12.1 Å². The van der Waals surface area contributed by atoms with E-state index in [4.69, 9.17) is 4.74 Å². The Labute approximate surface area is 202 Å². The zero-order valence-electron chi connectivity index (χ0n) is 19.8. The normalized spacial score (nSPS) is 18.3. The fourth-order valence-corrected chi connectivity index (χ4v) is 4.76. The average Bonchev–Trinajstić information content (AvgIpc) is 3.07. The first kappa shape index (κ1) is 24.8. The largest absolute Gasteiger partial charge is 0.497 e. The molecular weight excluding hydrogens is 461 g/mol. The number of likely N-dealkylation sites (tertiary alicyclic amines) is 1. The summed E-state index contributed by atoms with van der Waals surface area (Å²) in [4.78, 5) is 31.5. The summed E-state index contributed by atoms with van der Waals surface area (Å²) in [6, 6.07) is 11.8. The number of piperidine rings is 1. The highest BCUT2D eigenvalue weighted by molar-refractivity contribution is 5.91. The topological polar surface area (TPSA) is 65.1 Å². The van der Waals surface area contributed by atoms with Crippen molar-refractivity contribution in [3.05, 3.63) is 59.7 Å². The molecule has 0 atom stereocenters. The predicted octanol–water partition coefficient (Wildman–Crippen LogP) is 4.05. The van der Waals surface area contributed by atoms with Gasteiger partial charge in [0.05, 0.1) is 19.3 Å². The average molecular weight is 491 g/mol. The summed E-state index contributed by atoms with van der Waals surface area (Å²) >= 11 is 0. The Kier molecular flexibility index (Phi) is 6.93. The molecular formula is C25H29F3N4O3. The number of benzene rings is 2. The third-order valence-corrected chi connectivity index (χ3v) is 6.97. The molecule has 0 radical (unpaired) electrons. The molecule has 4 rings (SSSR count). The van der Waals surface area contributed by atoms with Crippen LogP contribution in [0.2, 0.25) is 0 Å². The van der Waals surface area contributed by atoms with Gasteiger partial charge in [0.1, 0.15) is 11.3 Å². The van der Waals surface area contributed by atoms with Crippen LogP contribution in [0.15, 0.2) is 48.5 Å². The zero-order valence-corrected chi connectivity index (χ0v) is 19.8. The molecule has 0 aromatic heterocycles. The van der Waals surface area contributed by atoms with Crippen LogP contribution in [0.4, 0.5) is 23.7 Å². The molecule has 2 aromatic rings. The van der Waals surface area contributed by atoms with Gasteiger partial charge in [-0.15, -0.1) is 0 Å². The molecule has 188 valence electrons. The van der Waals surface area contributed by atoms with E-state index in [0.29, 0.717) is 44.8 Å². The molecule has 1 N–H and O–H groups in total. The van der Waals surface area contributed by atoms with Crippen molar-refractivity contribution in [2.24, 2.45) is 0 Å². The van der Waals surface area contributed by atoms with Crippen molar-refractivity contribution in [2.45, 2.75) is 31.0 Å². The summed E-state index contributed by atoms with van der Waals surface area (Å²) in [7, 11) is 3.56. The highest BCUT2D eigenvalue weighted by Crippen LogP contribution is 2.35. The highest BCUT2D eigenvalue weighted by Gasteiger charge is 2.52. The number of likely N-dealkylation sites (N-methyl/N-ethyl adjacent to an activating group) is 1. The number of amides is 3. The van der Waals surface area contributed by atoms with Crippen molar-refractivity contribution in [2.75, 3.05) is 45.8 Å². The first-order chi connectivity index (χ1) is 16.6. The zero-order chi connectivity index (χ0) is 25.2. The molecule has 2 aliphatic heterocycles. The van der Waals surface area contributed by atoms with Gasteiger partial charge in [0.2, 0.25) is 5.91 Å². The Balaban J connectivity index is 1.31. The highest BCUT2D eigenvalue weighted by atomic mass is 19.4. The first-order valence-electron chi connectivity index (χ1n) is 11.5. The van der Waals surface area contributed by atoms with Gasteiger partial charge < -0.3 is 19.9 Å². The molecule has 2 heterocycles. The van der Waals surface area contributed by atoms with E-state index in [1.807, 2.05) is 36.2 Å². The fraction of sp³-hybridized carbons (Fsp3) is 0.440. The number of carbonyl (C=O) groups excluding carboxylic acids is 2. The van der Waals surface area contributed by atoms with Gasteiger partial charge in [0.25, 0.3) is 0 Å². The molecule has 3 amide bonds. The van der Waals surface area contributed by atoms with Crippen LogP contribution in [0.3, 0.4) is 0 Å². The monoisotopic (exact) mass is 490 g/mol. The Bertz CT molecular complexity index is 1050. The molecule has 2 saturated heterocycles. The van der Waals surface area contributed by atoms with E-state index in [0.717, 1.165) is 29.9 Å². The summed E-state index contributed by atoms with van der Waals surface area (Å²) in [5.74, 6) is 0.870. The number of alkyl halides is 3. The quantitative estimate of drug-likeness (QED) is 0.687. The van der Waals surface area contributed by atoms with Gasteiger partial charge in [0.15, 0.2) is 0 Å². The van der Waals surface area contributed by atoms with Crippen molar-refractivity contribution in [3.8, 4) is 5.75 Å². The summed E-state index contributed by atoms with van der Waals surface area (Å²) in [6.45, 7) is 1.91. The standard InChI is InChI=1S/C25H29F3N4O3/c1-30-17-32(14-11-18-3-9-21(35-2)10-4-18)22(33)24(30)12-15-31(16-13-24)23(34)29-20-7-5-19(6-8-20)25(26,27)28/h3-10H,11-17H2,1-2H3,(H,29,34). The number of methoxy groups -OCH3 is 1. The number of urea groups is 1.